The second-order valence-corrected chi connectivity index (χ2v) is 7.85. The zero-order valence-corrected chi connectivity index (χ0v) is 18.0. The lowest BCUT2D eigenvalue weighted by molar-refractivity contribution is -0.141. The van der Waals surface area contributed by atoms with E-state index in [-0.39, 0.29) is 23.8 Å². The largest absolute Gasteiger partial charge is 0.467 e. The fourth-order valence-electron chi connectivity index (χ4n) is 3.40. The van der Waals surface area contributed by atoms with Gasteiger partial charge in [0.25, 0.3) is 5.91 Å². The zero-order valence-electron chi connectivity index (χ0n) is 18.0. The molecule has 9 nitrogen and oxygen atoms in total. The van der Waals surface area contributed by atoms with Crippen molar-refractivity contribution in [2.75, 3.05) is 5.32 Å². The predicted octanol–water partition coefficient (Wildman–Crippen LogP) is 3.72. The van der Waals surface area contributed by atoms with Crippen molar-refractivity contribution < 1.29 is 27.2 Å². The first kappa shape index (κ1) is 22.6. The Labute approximate surface area is 186 Å². The summed E-state index contributed by atoms with van der Waals surface area (Å²) in [7, 11) is 0. The number of hydrogen-bond donors (Lipinski definition) is 2. The van der Waals surface area contributed by atoms with Gasteiger partial charge >= 0.3 is 6.18 Å². The minimum absolute atomic E-state index is 0.0113. The monoisotopic (exact) mass is 464 g/mol. The van der Waals surface area contributed by atoms with Gasteiger partial charge in [0.15, 0.2) is 11.4 Å². The normalized spacial score (nSPS) is 14.8. The Kier molecular flexibility index (Phi) is 6.00. The van der Waals surface area contributed by atoms with Gasteiger partial charge in [0.2, 0.25) is 5.91 Å². The summed E-state index contributed by atoms with van der Waals surface area (Å²) < 4.78 is 47.4. The van der Waals surface area contributed by atoms with E-state index in [1.165, 1.54) is 24.1 Å². The van der Waals surface area contributed by atoms with E-state index in [1.807, 2.05) is 6.92 Å². The van der Waals surface area contributed by atoms with Gasteiger partial charge in [0.05, 0.1) is 18.5 Å². The fraction of sp³-hybridized carbons (Fsp3) is 0.429. The number of hydrogen-bond acceptors (Lipinski definition) is 5. The van der Waals surface area contributed by atoms with Crippen molar-refractivity contribution in [3.63, 3.8) is 0 Å². The maximum absolute atomic E-state index is 13.2. The summed E-state index contributed by atoms with van der Waals surface area (Å²) in [4.78, 5) is 25.6. The number of furan rings is 1. The zero-order chi connectivity index (χ0) is 23.8. The maximum atomic E-state index is 13.2. The second-order valence-electron chi connectivity index (χ2n) is 7.85. The summed E-state index contributed by atoms with van der Waals surface area (Å²) in [5, 5.41) is 13.1. The third-order valence-corrected chi connectivity index (χ3v) is 5.36. The average Bonchev–Trinajstić information content (AvgIpc) is 3.19. The van der Waals surface area contributed by atoms with Crippen molar-refractivity contribution in [2.24, 2.45) is 0 Å². The molecular formula is C21H23F3N6O3. The number of anilines is 1. The van der Waals surface area contributed by atoms with Crippen molar-refractivity contribution in [1.29, 1.82) is 0 Å². The first-order valence-electron chi connectivity index (χ1n) is 10.5. The molecule has 2 amide bonds. The molecular weight excluding hydrogens is 441 g/mol. The van der Waals surface area contributed by atoms with Gasteiger partial charge in [-0.2, -0.15) is 23.4 Å². The standard InChI is InChI=1S/C21H23F3N6O3/c1-3-29-11-15(18(28-29)20(32)25-10-14-5-4-8-33-14)26-19(31)12(2)30-16(13-6-7-13)9-17(27-30)21(22,23)24/h4-5,8-9,11-13H,3,6-7,10H2,1-2H3,(H,25,32)(H,26,31). The smallest absolute Gasteiger partial charge is 0.435 e. The number of halogens is 3. The fourth-order valence-corrected chi connectivity index (χ4v) is 3.40. The van der Waals surface area contributed by atoms with Crippen LogP contribution in [0.25, 0.3) is 0 Å². The van der Waals surface area contributed by atoms with Gasteiger partial charge in [-0.3, -0.25) is 19.0 Å². The Morgan fingerprint density at radius 1 is 1.30 bits per heavy atom. The van der Waals surface area contributed by atoms with E-state index in [0.717, 1.165) is 23.6 Å². The number of carbonyl (C=O) groups excluding carboxylic acids is 2. The van der Waals surface area contributed by atoms with Crippen LogP contribution in [0.15, 0.2) is 35.1 Å². The summed E-state index contributed by atoms with van der Waals surface area (Å²) in [6.07, 6.45) is -0.123. The molecule has 176 valence electrons. The lowest BCUT2D eigenvalue weighted by Gasteiger charge is -2.15. The number of nitrogens with one attached hydrogen (secondary N) is 2. The predicted molar refractivity (Wildman–Crippen MR) is 110 cm³/mol. The molecule has 1 unspecified atom stereocenters. The summed E-state index contributed by atoms with van der Waals surface area (Å²) in [6.45, 7) is 3.86. The Morgan fingerprint density at radius 2 is 2.06 bits per heavy atom. The minimum Gasteiger partial charge on any atom is -0.467 e. The average molecular weight is 464 g/mol. The van der Waals surface area contributed by atoms with Gasteiger partial charge in [0.1, 0.15) is 11.8 Å². The molecule has 1 fully saturated rings. The van der Waals surface area contributed by atoms with Crippen molar-refractivity contribution in [3.05, 3.63) is 53.5 Å². The van der Waals surface area contributed by atoms with E-state index in [9.17, 15) is 22.8 Å². The summed E-state index contributed by atoms with van der Waals surface area (Å²) in [5.41, 5.74) is -0.504. The number of aromatic nitrogens is 4. The van der Waals surface area contributed by atoms with Crippen LogP contribution in [0.5, 0.6) is 0 Å². The SMILES string of the molecule is CCn1cc(NC(=O)C(C)n2nc(C(F)(F)F)cc2C2CC2)c(C(=O)NCc2ccco2)n1. The van der Waals surface area contributed by atoms with Crippen LogP contribution in [-0.2, 0) is 24.1 Å². The lowest BCUT2D eigenvalue weighted by atomic mass is 10.2. The number of rotatable bonds is 8. The molecule has 3 aromatic rings. The Hall–Kier alpha value is -3.57. The number of aryl methyl sites for hydroxylation is 1. The lowest BCUT2D eigenvalue weighted by Crippen LogP contribution is -2.28. The molecule has 3 aromatic heterocycles. The first-order chi connectivity index (χ1) is 15.7. The number of alkyl halides is 3. The van der Waals surface area contributed by atoms with E-state index in [1.54, 1.807) is 12.1 Å². The molecule has 1 saturated carbocycles. The highest BCUT2D eigenvalue weighted by molar-refractivity contribution is 6.03. The molecule has 0 spiro atoms. The van der Waals surface area contributed by atoms with E-state index in [4.69, 9.17) is 4.42 Å². The minimum atomic E-state index is -4.60. The van der Waals surface area contributed by atoms with Crippen LogP contribution in [0.4, 0.5) is 18.9 Å². The molecule has 1 aliphatic rings. The van der Waals surface area contributed by atoms with E-state index < -0.39 is 29.7 Å². The molecule has 1 aliphatic carbocycles. The van der Waals surface area contributed by atoms with Crippen LogP contribution in [0, 0.1) is 0 Å². The van der Waals surface area contributed by atoms with Crippen molar-refractivity contribution in [1.82, 2.24) is 24.9 Å². The highest BCUT2D eigenvalue weighted by Crippen LogP contribution is 2.43. The molecule has 2 N–H and O–H groups in total. The van der Waals surface area contributed by atoms with Gasteiger partial charge in [-0.05, 0) is 44.9 Å². The molecule has 0 saturated heterocycles. The first-order valence-corrected chi connectivity index (χ1v) is 10.5. The van der Waals surface area contributed by atoms with Crippen molar-refractivity contribution >= 4 is 17.5 Å². The molecule has 1 atom stereocenters. The highest BCUT2D eigenvalue weighted by Gasteiger charge is 2.39. The van der Waals surface area contributed by atoms with Crippen LogP contribution in [-0.4, -0.2) is 31.4 Å². The van der Waals surface area contributed by atoms with Crippen molar-refractivity contribution in [2.45, 2.75) is 57.9 Å². The van der Waals surface area contributed by atoms with Crippen LogP contribution in [0.2, 0.25) is 0 Å². The summed E-state index contributed by atoms with van der Waals surface area (Å²) >= 11 is 0. The summed E-state index contributed by atoms with van der Waals surface area (Å²) in [6, 6.07) is 3.37. The maximum Gasteiger partial charge on any atom is 0.435 e. The molecule has 4 rings (SSSR count). The Morgan fingerprint density at radius 3 is 2.67 bits per heavy atom. The van der Waals surface area contributed by atoms with E-state index >= 15 is 0 Å². The van der Waals surface area contributed by atoms with Crippen LogP contribution < -0.4 is 10.6 Å². The molecule has 3 heterocycles. The third-order valence-electron chi connectivity index (χ3n) is 5.36. The molecule has 33 heavy (non-hydrogen) atoms. The summed E-state index contributed by atoms with van der Waals surface area (Å²) in [5.74, 6) is -0.637. The molecule has 12 heteroatoms. The van der Waals surface area contributed by atoms with Gasteiger partial charge in [-0.15, -0.1) is 0 Å². The number of nitrogens with zero attached hydrogens (tertiary/aromatic N) is 4. The number of amides is 2. The Balaban J connectivity index is 1.53. The van der Waals surface area contributed by atoms with E-state index in [0.29, 0.717) is 18.0 Å². The molecule has 0 bridgehead atoms. The quantitative estimate of drug-likeness (QED) is 0.529. The van der Waals surface area contributed by atoms with Crippen molar-refractivity contribution in [3.8, 4) is 0 Å². The van der Waals surface area contributed by atoms with Crippen LogP contribution in [0.1, 0.15) is 66.3 Å². The van der Waals surface area contributed by atoms with Crippen LogP contribution >= 0.6 is 0 Å². The number of carbonyl (C=O) groups is 2. The van der Waals surface area contributed by atoms with E-state index in [2.05, 4.69) is 20.8 Å². The Bertz CT molecular complexity index is 1140. The third kappa shape index (κ3) is 4.94. The van der Waals surface area contributed by atoms with Crippen LogP contribution in [0.3, 0.4) is 0 Å². The molecule has 0 aliphatic heterocycles. The molecule has 0 radical (unpaired) electrons. The topological polar surface area (TPSA) is 107 Å². The highest BCUT2D eigenvalue weighted by atomic mass is 19.4. The van der Waals surface area contributed by atoms with Gasteiger partial charge in [-0.25, -0.2) is 0 Å². The van der Waals surface area contributed by atoms with Gasteiger partial charge in [0, 0.05) is 24.4 Å². The van der Waals surface area contributed by atoms with Gasteiger partial charge < -0.3 is 15.1 Å². The van der Waals surface area contributed by atoms with Gasteiger partial charge in [-0.1, -0.05) is 0 Å². The second kappa shape index (κ2) is 8.75. The molecule has 0 aromatic carbocycles.